The predicted molar refractivity (Wildman–Crippen MR) is 41.3 cm³/mol. The van der Waals surface area contributed by atoms with E-state index < -0.39 is 0 Å². The monoisotopic (exact) mass is 126 g/mol. The highest BCUT2D eigenvalue weighted by atomic mass is 14.8. The molecule has 1 atom stereocenters. The highest BCUT2D eigenvalue weighted by molar-refractivity contribution is 4.80. The van der Waals surface area contributed by atoms with Crippen LogP contribution in [0.5, 0.6) is 0 Å². The lowest BCUT2D eigenvalue weighted by Gasteiger charge is -2.04. The van der Waals surface area contributed by atoms with Crippen LogP contribution in [0.3, 0.4) is 0 Å². The lowest BCUT2D eigenvalue weighted by Crippen LogP contribution is -2.85. The van der Waals surface area contributed by atoms with E-state index in [-0.39, 0.29) is 0 Å². The minimum Gasteiger partial charge on any atom is -0.343 e. The second-order valence-electron chi connectivity index (χ2n) is 2.10. The fourth-order valence-corrected chi connectivity index (χ4v) is 0.731. The average molecular weight is 126 g/mol. The largest absolute Gasteiger partial charge is 0.343 e. The van der Waals surface area contributed by atoms with Gasteiger partial charge in [0.05, 0.1) is 7.05 Å². The maximum absolute atomic E-state index is 3.72. The minimum atomic E-state index is 0.572. The van der Waals surface area contributed by atoms with Crippen LogP contribution >= 0.6 is 0 Å². The van der Waals surface area contributed by atoms with E-state index in [2.05, 4.69) is 25.5 Å². The first kappa shape index (κ1) is 8.44. The van der Waals surface area contributed by atoms with Gasteiger partial charge < -0.3 is 5.32 Å². The molecule has 0 aliphatic carbocycles. The molecule has 0 aliphatic rings. The zero-order valence-corrected chi connectivity index (χ0v) is 6.14. The van der Waals surface area contributed by atoms with Crippen LogP contribution in [-0.2, 0) is 0 Å². The van der Waals surface area contributed by atoms with Gasteiger partial charge in [0, 0.05) is 6.42 Å². The highest BCUT2D eigenvalue weighted by Gasteiger charge is 1.99. The van der Waals surface area contributed by atoms with Crippen molar-refractivity contribution in [2.45, 2.75) is 18.9 Å². The van der Waals surface area contributed by atoms with Crippen LogP contribution in [0.15, 0.2) is 25.3 Å². The topological polar surface area (TPSA) is 16.6 Å². The third-order valence-electron chi connectivity index (χ3n) is 1.44. The summed E-state index contributed by atoms with van der Waals surface area (Å²) < 4.78 is 0. The van der Waals surface area contributed by atoms with Gasteiger partial charge in [-0.15, -0.1) is 6.58 Å². The molecular weight excluding hydrogens is 110 g/mol. The van der Waals surface area contributed by atoms with Crippen molar-refractivity contribution >= 4 is 0 Å². The maximum atomic E-state index is 3.72. The molecule has 1 nitrogen and oxygen atoms in total. The molecule has 0 heterocycles. The summed E-state index contributed by atoms with van der Waals surface area (Å²) in [6.07, 6.45) is 6.16. The van der Waals surface area contributed by atoms with Crippen molar-refractivity contribution < 1.29 is 5.32 Å². The Balaban J connectivity index is 3.30. The van der Waals surface area contributed by atoms with Gasteiger partial charge in [0.1, 0.15) is 6.04 Å². The zero-order chi connectivity index (χ0) is 7.11. The van der Waals surface area contributed by atoms with Crippen LogP contribution in [-0.4, -0.2) is 13.1 Å². The Labute approximate surface area is 57.5 Å². The Morgan fingerprint density at radius 3 is 2.56 bits per heavy atom. The molecule has 1 unspecified atom stereocenters. The Morgan fingerprint density at radius 2 is 2.22 bits per heavy atom. The summed E-state index contributed by atoms with van der Waals surface area (Å²) in [6, 6.07) is 0.572. The fourth-order valence-electron chi connectivity index (χ4n) is 0.731. The smallest absolute Gasteiger partial charge is 0.104 e. The molecule has 0 bridgehead atoms. The van der Waals surface area contributed by atoms with E-state index >= 15 is 0 Å². The van der Waals surface area contributed by atoms with Gasteiger partial charge in [-0.25, -0.2) is 0 Å². The molecule has 0 aromatic heterocycles. The van der Waals surface area contributed by atoms with E-state index in [0.717, 1.165) is 12.8 Å². The first-order valence-corrected chi connectivity index (χ1v) is 3.38. The number of likely N-dealkylation sites (N-methyl/N-ethyl adjacent to an activating group) is 1. The number of allylic oxidation sites excluding steroid dienone is 1. The van der Waals surface area contributed by atoms with Gasteiger partial charge in [-0.1, -0.05) is 12.7 Å². The van der Waals surface area contributed by atoms with Crippen molar-refractivity contribution in [1.82, 2.24) is 0 Å². The third-order valence-corrected chi connectivity index (χ3v) is 1.44. The van der Waals surface area contributed by atoms with E-state index in [1.54, 1.807) is 0 Å². The molecule has 0 fully saturated rings. The van der Waals surface area contributed by atoms with Gasteiger partial charge in [0.15, 0.2) is 0 Å². The zero-order valence-electron chi connectivity index (χ0n) is 6.14. The SMILES string of the molecule is C=CCCC(C=C)[NH2+]C. The van der Waals surface area contributed by atoms with Crippen molar-refractivity contribution in [2.24, 2.45) is 0 Å². The number of nitrogens with two attached hydrogens (primary N) is 1. The van der Waals surface area contributed by atoms with E-state index in [4.69, 9.17) is 0 Å². The molecule has 0 aromatic rings. The van der Waals surface area contributed by atoms with Gasteiger partial charge in [-0.2, -0.15) is 0 Å². The predicted octanol–water partition coefficient (Wildman–Crippen LogP) is 0.700. The van der Waals surface area contributed by atoms with Crippen LogP contribution in [0, 0.1) is 0 Å². The Morgan fingerprint density at radius 1 is 1.56 bits per heavy atom. The van der Waals surface area contributed by atoms with Gasteiger partial charge in [0.2, 0.25) is 0 Å². The molecule has 0 saturated carbocycles. The molecule has 0 aromatic carbocycles. The second kappa shape index (κ2) is 5.57. The summed E-state index contributed by atoms with van der Waals surface area (Å²) in [5, 5.41) is 2.16. The van der Waals surface area contributed by atoms with Gasteiger partial charge in [-0.05, 0) is 12.5 Å². The molecule has 0 radical (unpaired) electrons. The van der Waals surface area contributed by atoms with E-state index in [1.807, 2.05) is 12.2 Å². The van der Waals surface area contributed by atoms with E-state index in [1.165, 1.54) is 0 Å². The van der Waals surface area contributed by atoms with E-state index in [0.29, 0.717) is 6.04 Å². The lowest BCUT2D eigenvalue weighted by molar-refractivity contribution is -0.653. The first-order valence-electron chi connectivity index (χ1n) is 3.38. The number of rotatable bonds is 5. The van der Waals surface area contributed by atoms with Crippen LogP contribution in [0.4, 0.5) is 0 Å². The molecule has 9 heavy (non-hydrogen) atoms. The number of hydrogen-bond donors (Lipinski definition) is 1. The number of quaternary nitrogens is 1. The highest BCUT2D eigenvalue weighted by Crippen LogP contribution is 1.92. The normalized spacial score (nSPS) is 12.6. The molecule has 2 N–H and O–H groups in total. The van der Waals surface area contributed by atoms with Crippen LogP contribution in [0.25, 0.3) is 0 Å². The van der Waals surface area contributed by atoms with Gasteiger partial charge >= 0.3 is 0 Å². The van der Waals surface area contributed by atoms with Crippen LogP contribution < -0.4 is 5.32 Å². The van der Waals surface area contributed by atoms with Crippen LogP contribution in [0.2, 0.25) is 0 Å². The summed E-state index contributed by atoms with van der Waals surface area (Å²) in [5.74, 6) is 0. The fraction of sp³-hybridized carbons (Fsp3) is 0.500. The van der Waals surface area contributed by atoms with Gasteiger partial charge in [0.25, 0.3) is 0 Å². The summed E-state index contributed by atoms with van der Waals surface area (Å²) >= 11 is 0. The molecule has 1 heteroatoms. The van der Waals surface area contributed by atoms with Crippen molar-refractivity contribution in [3.05, 3.63) is 25.3 Å². The molecule has 0 amide bonds. The molecule has 0 aliphatic heterocycles. The van der Waals surface area contributed by atoms with E-state index in [9.17, 15) is 0 Å². The Bertz CT molecular complexity index is 86.6. The van der Waals surface area contributed by atoms with Gasteiger partial charge in [-0.3, -0.25) is 0 Å². The minimum absolute atomic E-state index is 0.572. The first-order chi connectivity index (χ1) is 4.35. The van der Waals surface area contributed by atoms with Crippen molar-refractivity contribution in [1.29, 1.82) is 0 Å². The second-order valence-corrected chi connectivity index (χ2v) is 2.10. The summed E-state index contributed by atoms with van der Waals surface area (Å²) in [7, 11) is 2.06. The average Bonchev–Trinajstić information content (AvgIpc) is 1.91. The molecule has 52 valence electrons. The molecule has 0 saturated heterocycles. The lowest BCUT2D eigenvalue weighted by atomic mass is 10.1. The standard InChI is InChI=1S/C8H15N/c1-4-6-7-8(5-2)9-3/h4-5,8-9H,1-2,6-7H2,3H3/p+1. The quantitative estimate of drug-likeness (QED) is 0.522. The van der Waals surface area contributed by atoms with Crippen molar-refractivity contribution in [3.63, 3.8) is 0 Å². The summed E-state index contributed by atoms with van der Waals surface area (Å²) in [5.41, 5.74) is 0. The van der Waals surface area contributed by atoms with Crippen molar-refractivity contribution in [3.8, 4) is 0 Å². The Hall–Kier alpha value is -0.560. The summed E-state index contributed by atoms with van der Waals surface area (Å²) in [4.78, 5) is 0. The Kier molecular flexibility index (Phi) is 5.23. The number of hydrogen-bond acceptors (Lipinski definition) is 0. The maximum Gasteiger partial charge on any atom is 0.104 e. The van der Waals surface area contributed by atoms with Crippen LogP contribution in [0.1, 0.15) is 12.8 Å². The van der Waals surface area contributed by atoms with Crippen molar-refractivity contribution in [2.75, 3.05) is 7.05 Å². The molecular formula is C8H16N+. The molecule has 0 spiro atoms. The third kappa shape index (κ3) is 3.98. The summed E-state index contributed by atoms with van der Waals surface area (Å²) in [6.45, 7) is 7.37. The molecule has 0 rings (SSSR count).